The Morgan fingerprint density at radius 1 is 1.50 bits per heavy atom. The Hall–Kier alpha value is -0.870. The average Bonchev–Trinajstić information content (AvgIpc) is 3.10. The van der Waals surface area contributed by atoms with Crippen molar-refractivity contribution in [3.8, 4) is 0 Å². The van der Waals surface area contributed by atoms with Crippen molar-refractivity contribution in [1.29, 1.82) is 0 Å². The van der Waals surface area contributed by atoms with Crippen LogP contribution in [0.5, 0.6) is 0 Å². The Labute approximate surface area is 110 Å². The van der Waals surface area contributed by atoms with Gasteiger partial charge < -0.3 is 10.1 Å². The molecule has 2 rings (SSSR count). The molecule has 1 fully saturated rings. The molecule has 0 amide bonds. The maximum absolute atomic E-state index is 5.26. The molecule has 1 unspecified atom stereocenters. The van der Waals surface area contributed by atoms with Crippen molar-refractivity contribution in [3.63, 3.8) is 0 Å². The van der Waals surface area contributed by atoms with Crippen LogP contribution in [-0.4, -0.2) is 36.1 Å². The fraction of sp³-hybridized carbons (Fsp3) is 0.786. The summed E-state index contributed by atoms with van der Waals surface area (Å²) in [4.78, 5) is 0. The third-order valence-corrected chi connectivity index (χ3v) is 3.59. The van der Waals surface area contributed by atoms with Gasteiger partial charge in [-0.15, -0.1) is 0 Å². The first-order valence-corrected chi connectivity index (χ1v) is 6.94. The van der Waals surface area contributed by atoms with Crippen molar-refractivity contribution in [2.24, 2.45) is 5.92 Å². The fourth-order valence-corrected chi connectivity index (χ4v) is 2.46. The second-order valence-corrected chi connectivity index (χ2v) is 5.36. The largest absolute Gasteiger partial charge is 0.383 e. The van der Waals surface area contributed by atoms with E-state index in [4.69, 9.17) is 4.74 Å². The molecule has 1 aromatic rings. The van der Waals surface area contributed by atoms with Crippen LogP contribution in [0, 0.1) is 19.8 Å². The van der Waals surface area contributed by atoms with E-state index in [2.05, 4.69) is 28.1 Å². The van der Waals surface area contributed by atoms with E-state index < -0.39 is 0 Å². The number of nitrogens with one attached hydrogen (secondary N) is 1. The highest BCUT2D eigenvalue weighted by Crippen LogP contribution is 2.32. The highest BCUT2D eigenvalue weighted by molar-refractivity contribution is 5.06. The van der Waals surface area contributed by atoms with Gasteiger partial charge in [0.15, 0.2) is 0 Å². The van der Waals surface area contributed by atoms with Gasteiger partial charge in [0.05, 0.1) is 12.3 Å². The zero-order chi connectivity index (χ0) is 13.0. The van der Waals surface area contributed by atoms with Gasteiger partial charge in [-0.25, -0.2) is 0 Å². The molecule has 0 radical (unpaired) electrons. The normalized spacial score (nSPS) is 17.1. The average molecular weight is 251 g/mol. The van der Waals surface area contributed by atoms with Gasteiger partial charge >= 0.3 is 0 Å². The molecule has 4 nitrogen and oxygen atoms in total. The number of aromatic nitrogens is 2. The molecule has 1 atom stereocenters. The van der Waals surface area contributed by atoms with E-state index in [1.54, 1.807) is 7.11 Å². The molecular weight excluding hydrogens is 226 g/mol. The second kappa shape index (κ2) is 6.34. The molecule has 0 aromatic carbocycles. The number of hydrogen-bond acceptors (Lipinski definition) is 3. The van der Waals surface area contributed by atoms with Crippen LogP contribution in [0.3, 0.4) is 0 Å². The summed E-state index contributed by atoms with van der Waals surface area (Å²) >= 11 is 0. The maximum atomic E-state index is 5.26. The first-order chi connectivity index (χ1) is 8.70. The Morgan fingerprint density at radius 3 is 2.83 bits per heavy atom. The number of methoxy groups -OCH3 is 1. The van der Waals surface area contributed by atoms with E-state index in [0.717, 1.165) is 37.7 Å². The van der Waals surface area contributed by atoms with Crippen LogP contribution in [0.1, 0.15) is 30.7 Å². The topological polar surface area (TPSA) is 39.1 Å². The zero-order valence-corrected chi connectivity index (χ0v) is 11.8. The van der Waals surface area contributed by atoms with Crippen LogP contribution in [0.15, 0.2) is 6.07 Å². The third-order valence-electron chi connectivity index (χ3n) is 3.59. The predicted octanol–water partition coefficient (Wildman–Crippen LogP) is 1.90. The van der Waals surface area contributed by atoms with Gasteiger partial charge in [-0.2, -0.15) is 5.10 Å². The molecule has 1 aliphatic rings. The van der Waals surface area contributed by atoms with Crippen LogP contribution in [0.2, 0.25) is 0 Å². The van der Waals surface area contributed by atoms with Crippen molar-refractivity contribution >= 4 is 0 Å². The summed E-state index contributed by atoms with van der Waals surface area (Å²) in [5, 5.41) is 8.09. The van der Waals surface area contributed by atoms with Crippen LogP contribution < -0.4 is 5.32 Å². The van der Waals surface area contributed by atoms with E-state index in [0.29, 0.717) is 6.04 Å². The van der Waals surface area contributed by atoms with E-state index in [1.165, 1.54) is 18.5 Å². The summed E-state index contributed by atoms with van der Waals surface area (Å²) < 4.78 is 7.36. The number of ether oxygens (including phenoxy) is 1. The van der Waals surface area contributed by atoms with E-state index >= 15 is 0 Å². The van der Waals surface area contributed by atoms with E-state index in [-0.39, 0.29) is 0 Å². The van der Waals surface area contributed by atoms with Crippen LogP contribution in [0.25, 0.3) is 0 Å². The highest BCUT2D eigenvalue weighted by atomic mass is 16.5. The smallest absolute Gasteiger partial charge is 0.0618 e. The standard InChI is InChI=1S/C14H25N3O/c1-11-9-12(2)17(16-11)8-4-7-15-14(10-18-3)13-5-6-13/h9,13-15H,4-8,10H2,1-3H3. The van der Waals surface area contributed by atoms with Crippen molar-refractivity contribution < 1.29 is 4.74 Å². The summed E-state index contributed by atoms with van der Waals surface area (Å²) in [7, 11) is 1.78. The summed E-state index contributed by atoms with van der Waals surface area (Å²) in [6.07, 6.45) is 3.84. The monoisotopic (exact) mass is 251 g/mol. The minimum atomic E-state index is 0.551. The first kappa shape index (κ1) is 13.6. The summed E-state index contributed by atoms with van der Waals surface area (Å²) in [5.74, 6) is 0.846. The Bertz CT molecular complexity index is 371. The molecule has 102 valence electrons. The first-order valence-electron chi connectivity index (χ1n) is 6.94. The quantitative estimate of drug-likeness (QED) is 0.717. The molecular formula is C14H25N3O. The number of aryl methyl sites for hydroxylation is 3. The lowest BCUT2D eigenvalue weighted by molar-refractivity contribution is 0.157. The van der Waals surface area contributed by atoms with E-state index in [9.17, 15) is 0 Å². The highest BCUT2D eigenvalue weighted by Gasteiger charge is 2.30. The Balaban J connectivity index is 1.67. The van der Waals surface area contributed by atoms with Crippen molar-refractivity contribution in [2.75, 3.05) is 20.3 Å². The van der Waals surface area contributed by atoms with Gasteiger partial charge in [0.1, 0.15) is 0 Å². The molecule has 0 spiro atoms. The lowest BCUT2D eigenvalue weighted by Gasteiger charge is -2.17. The molecule has 0 saturated heterocycles. The van der Waals surface area contributed by atoms with Crippen molar-refractivity contribution in [1.82, 2.24) is 15.1 Å². The summed E-state index contributed by atoms with van der Waals surface area (Å²) in [5.41, 5.74) is 2.36. The molecule has 1 saturated carbocycles. The predicted molar refractivity (Wildman–Crippen MR) is 72.7 cm³/mol. The molecule has 0 bridgehead atoms. The number of nitrogens with zero attached hydrogens (tertiary/aromatic N) is 2. The number of rotatable bonds is 8. The van der Waals surface area contributed by atoms with Gasteiger partial charge in [-0.3, -0.25) is 4.68 Å². The van der Waals surface area contributed by atoms with Gasteiger partial charge in [0, 0.05) is 25.4 Å². The van der Waals surface area contributed by atoms with Gasteiger partial charge in [-0.1, -0.05) is 0 Å². The second-order valence-electron chi connectivity index (χ2n) is 5.36. The van der Waals surface area contributed by atoms with Gasteiger partial charge in [-0.05, 0) is 51.6 Å². The van der Waals surface area contributed by atoms with Crippen LogP contribution in [-0.2, 0) is 11.3 Å². The SMILES string of the molecule is COCC(NCCCn1nc(C)cc1C)C1CC1. The van der Waals surface area contributed by atoms with Gasteiger partial charge in [0.2, 0.25) is 0 Å². The number of hydrogen-bond donors (Lipinski definition) is 1. The fourth-order valence-electron chi connectivity index (χ4n) is 2.46. The molecule has 1 aliphatic carbocycles. The lowest BCUT2D eigenvalue weighted by Crippen LogP contribution is -2.36. The molecule has 1 heterocycles. The Morgan fingerprint density at radius 2 is 2.28 bits per heavy atom. The molecule has 1 aromatic heterocycles. The van der Waals surface area contributed by atoms with E-state index in [1.807, 2.05) is 6.92 Å². The van der Waals surface area contributed by atoms with Gasteiger partial charge in [0.25, 0.3) is 0 Å². The van der Waals surface area contributed by atoms with Crippen LogP contribution >= 0.6 is 0 Å². The van der Waals surface area contributed by atoms with Crippen LogP contribution in [0.4, 0.5) is 0 Å². The zero-order valence-electron chi connectivity index (χ0n) is 11.8. The molecule has 4 heteroatoms. The summed E-state index contributed by atoms with van der Waals surface area (Å²) in [6.45, 7) is 7.04. The lowest BCUT2D eigenvalue weighted by atomic mass is 10.2. The maximum Gasteiger partial charge on any atom is 0.0618 e. The Kier molecular flexibility index (Phi) is 4.78. The summed E-state index contributed by atoms with van der Waals surface area (Å²) in [6, 6.07) is 2.68. The molecule has 0 aliphatic heterocycles. The minimum Gasteiger partial charge on any atom is -0.383 e. The molecule has 1 N–H and O–H groups in total. The van der Waals surface area contributed by atoms with Crippen molar-refractivity contribution in [2.45, 2.75) is 45.7 Å². The third kappa shape index (κ3) is 3.82. The van der Waals surface area contributed by atoms with Crippen molar-refractivity contribution in [3.05, 3.63) is 17.5 Å². The molecule has 18 heavy (non-hydrogen) atoms. The minimum absolute atomic E-state index is 0.551.